The van der Waals surface area contributed by atoms with E-state index in [-0.39, 0.29) is 5.56 Å². The van der Waals surface area contributed by atoms with Gasteiger partial charge in [-0.05, 0) is 25.1 Å². The molecule has 1 unspecified atom stereocenters. The molecular weight excluding hydrogens is 245 g/mol. The topological polar surface area (TPSA) is 21.3 Å². The first-order valence-electron chi connectivity index (χ1n) is 4.68. The maximum absolute atomic E-state index is 13.2. The maximum Gasteiger partial charge on any atom is 0.413 e. The standard InChI is InChI=1S/C10H10F5NO/c1-6(16-17-5-10(13,14)15)8-4-7(11)2-3-9(8)12/h2-4,6,16H,5H2,1H3. The predicted octanol–water partition coefficient (Wildman–Crippen LogP) is 3.11. The minimum absolute atomic E-state index is 0.104. The molecule has 0 spiro atoms. The highest BCUT2D eigenvalue weighted by Crippen LogP contribution is 2.19. The lowest BCUT2D eigenvalue weighted by Gasteiger charge is -2.15. The second-order valence-corrected chi connectivity index (χ2v) is 3.41. The maximum atomic E-state index is 13.2. The summed E-state index contributed by atoms with van der Waals surface area (Å²) >= 11 is 0. The van der Waals surface area contributed by atoms with Crippen molar-refractivity contribution in [3.8, 4) is 0 Å². The number of benzene rings is 1. The Hall–Kier alpha value is -1.21. The van der Waals surface area contributed by atoms with E-state index in [2.05, 4.69) is 4.84 Å². The van der Waals surface area contributed by atoms with Gasteiger partial charge in [-0.2, -0.15) is 18.7 Å². The van der Waals surface area contributed by atoms with Crippen LogP contribution in [0.1, 0.15) is 18.5 Å². The van der Waals surface area contributed by atoms with Gasteiger partial charge in [-0.1, -0.05) is 0 Å². The quantitative estimate of drug-likeness (QED) is 0.659. The number of hydrogen-bond donors (Lipinski definition) is 1. The first-order valence-corrected chi connectivity index (χ1v) is 4.68. The van der Waals surface area contributed by atoms with Crippen molar-refractivity contribution < 1.29 is 26.8 Å². The molecule has 1 rings (SSSR count). The molecule has 0 radical (unpaired) electrons. The predicted molar refractivity (Wildman–Crippen MR) is 49.9 cm³/mol. The molecule has 0 aromatic heterocycles. The van der Waals surface area contributed by atoms with Crippen molar-refractivity contribution in [3.05, 3.63) is 35.4 Å². The highest BCUT2D eigenvalue weighted by molar-refractivity contribution is 5.21. The van der Waals surface area contributed by atoms with Crippen LogP contribution < -0.4 is 5.48 Å². The molecule has 0 amide bonds. The number of hydroxylamine groups is 1. The van der Waals surface area contributed by atoms with Gasteiger partial charge in [-0.15, -0.1) is 0 Å². The minimum atomic E-state index is -4.48. The van der Waals surface area contributed by atoms with Crippen molar-refractivity contribution >= 4 is 0 Å². The van der Waals surface area contributed by atoms with Crippen molar-refractivity contribution in [3.63, 3.8) is 0 Å². The summed E-state index contributed by atoms with van der Waals surface area (Å²) in [4.78, 5) is 4.15. The van der Waals surface area contributed by atoms with E-state index in [1.807, 2.05) is 5.48 Å². The molecule has 0 heterocycles. The third-order valence-corrected chi connectivity index (χ3v) is 1.92. The van der Waals surface area contributed by atoms with Crippen LogP contribution in [-0.4, -0.2) is 12.8 Å². The number of nitrogens with one attached hydrogen (secondary N) is 1. The van der Waals surface area contributed by atoms with Crippen LogP contribution in [0.3, 0.4) is 0 Å². The Balaban J connectivity index is 2.58. The van der Waals surface area contributed by atoms with E-state index in [4.69, 9.17) is 0 Å². The molecule has 0 aliphatic rings. The second-order valence-electron chi connectivity index (χ2n) is 3.41. The van der Waals surface area contributed by atoms with Crippen LogP contribution in [0.4, 0.5) is 22.0 Å². The molecule has 0 fully saturated rings. The summed E-state index contributed by atoms with van der Waals surface area (Å²) in [7, 11) is 0. The molecule has 96 valence electrons. The van der Waals surface area contributed by atoms with E-state index in [1.54, 1.807) is 0 Å². The Bertz CT molecular complexity index is 379. The first-order chi connectivity index (χ1) is 7.79. The smallest absolute Gasteiger partial charge is 0.292 e. The Labute approximate surface area is 94.3 Å². The largest absolute Gasteiger partial charge is 0.413 e. The third kappa shape index (κ3) is 4.66. The number of alkyl halides is 3. The lowest BCUT2D eigenvalue weighted by molar-refractivity contribution is -0.192. The molecule has 1 aromatic rings. The molecule has 0 saturated carbocycles. The molecule has 0 aliphatic carbocycles. The highest BCUT2D eigenvalue weighted by atomic mass is 19.4. The van der Waals surface area contributed by atoms with Crippen molar-refractivity contribution in [1.29, 1.82) is 0 Å². The normalized spacial score (nSPS) is 13.8. The zero-order chi connectivity index (χ0) is 13.1. The summed E-state index contributed by atoms with van der Waals surface area (Å²) in [6.45, 7) is -0.150. The van der Waals surface area contributed by atoms with E-state index in [9.17, 15) is 22.0 Å². The van der Waals surface area contributed by atoms with E-state index in [0.717, 1.165) is 18.2 Å². The minimum Gasteiger partial charge on any atom is -0.292 e. The summed E-state index contributed by atoms with van der Waals surface area (Å²) in [5, 5.41) is 0. The molecule has 17 heavy (non-hydrogen) atoms. The van der Waals surface area contributed by atoms with Crippen molar-refractivity contribution in [2.75, 3.05) is 6.61 Å². The van der Waals surface area contributed by atoms with Gasteiger partial charge in [0, 0.05) is 5.56 Å². The second kappa shape index (κ2) is 5.42. The van der Waals surface area contributed by atoms with Gasteiger partial charge in [0.25, 0.3) is 0 Å². The van der Waals surface area contributed by atoms with Crippen molar-refractivity contribution in [2.24, 2.45) is 0 Å². The summed E-state index contributed by atoms with van der Waals surface area (Å²) in [5.74, 6) is -1.40. The van der Waals surface area contributed by atoms with Gasteiger partial charge >= 0.3 is 6.18 Å². The summed E-state index contributed by atoms with van der Waals surface area (Å²) < 4.78 is 61.3. The Morgan fingerprint density at radius 1 is 1.29 bits per heavy atom. The van der Waals surface area contributed by atoms with Crippen LogP contribution in [0.15, 0.2) is 18.2 Å². The average molecular weight is 255 g/mol. The summed E-state index contributed by atoms with van der Waals surface area (Å²) in [5.41, 5.74) is 1.89. The summed E-state index contributed by atoms with van der Waals surface area (Å²) in [6, 6.07) is 1.81. The average Bonchev–Trinajstić information content (AvgIpc) is 2.19. The van der Waals surface area contributed by atoms with Crippen LogP contribution in [-0.2, 0) is 4.84 Å². The van der Waals surface area contributed by atoms with Crippen molar-refractivity contribution in [1.82, 2.24) is 5.48 Å². The van der Waals surface area contributed by atoms with Gasteiger partial charge in [0.05, 0.1) is 6.04 Å². The molecule has 1 aromatic carbocycles. The lowest BCUT2D eigenvalue weighted by Crippen LogP contribution is -2.27. The Kier molecular flexibility index (Phi) is 4.41. The Morgan fingerprint density at radius 3 is 2.53 bits per heavy atom. The summed E-state index contributed by atoms with van der Waals surface area (Å²) in [6.07, 6.45) is -4.48. The van der Waals surface area contributed by atoms with Crippen LogP contribution in [0.25, 0.3) is 0 Å². The van der Waals surface area contributed by atoms with Gasteiger partial charge in [0.15, 0.2) is 6.61 Å². The zero-order valence-electron chi connectivity index (χ0n) is 8.81. The van der Waals surface area contributed by atoms with E-state index < -0.39 is 30.5 Å². The Morgan fingerprint density at radius 2 is 1.94 bits per heavy atom. The first kappa shape index (κ1) is 13.9. The van der Waals surface area contributed by atoms with Gasteiger partial charge < -0.3 is 0 Å². The fourth-order valence-corrected chi connectivity index (χ4v) is 1.16. The van der Waals surface area contributed by atoms with Gasteiger partial charge in [-0.3, -0.25) is 4.84 Å². The molecule has 2 nitrogen and oxygen atoms in total. The number of halogens is 5. The molecule has 0 saturated heterocycles. The molecule has 1 atom stereocenters. The SMILES string of the molecule is CC(NOCC(F)(F)F)c1cc(F)ccc1F. The number of rotatable bonds is 4. The molecular formula is C10H10F5NO. The highest BCUT2D eigenvalue weighted by Gasteiger charge is 2.28. The molecule has 0 bridgehead atoms. The van der Waals surface area contributed by atoms with E-state index in [1.165, 1.54) is 6.92 Å². The number of hydrogen-bond acceptors (Lipinski definition) is 2. The monoisotopic (exact) mass is 255 g/mol. The van der Waals surface area contributed by atoms with E-state index in [0.29, 0.717) is 0 Å². The van der Waals surface area contributed by atoms with Crippen molar-refractivity contribution in [2.45, 2.75) is 19.1 Å². The zero-order valence-corrected chi connectivity index (χ0v) is 8.81. The van der Waals surface area contributed by atoms with Crippen LogP contribution >= 0.6 is 0 Å². The fourth-order valence-electron chi connectivity index (χ4n) is 1.16. The molecule has 7 heteroatoms. The lowest BCUT2D eigenvalue weighted by atomic mass is 10.1. The van der Waals surface area contributed by atoms with Gasteiger partial charge in [0.1, 0.15) is 11.6 Å². The van der Waals surface area contributed by atoms with Gasteiger partial charge in [-0.25, -0.2) is 8.78 Å². The van der Waals surface area contributed by atoms with Gasteiger partial charge in [0.2, 0.25) is 0 Å². The third-order valence-electron chi connectivity index (χ3n) is 1.92. The van der Waals surface area contributed by atoms with Crippen LogP contribution in [0, 0.1) is 11.6 Å². The molecule has 0 aliphatic heterocycles. The van der Waals surface area contributed by atoms with Crippen LogP contribution in [0.2, 0.25) is 0 Å². The van der Waals surface area contributed by atoms with Crippen LogP contribution in [0.5, 0.6) is 0 Å². The fraction of sp³-hybridized carbons (Fsp3) is 0.400. The molecule has 1 N–H and O–H groups in total. The van der Waals surface area contributed by atoms with E-state index >= 15 is 0 Å².